The lowest BCUT2D eigenvalue weighted by atomic mass is 9.73. The Morgan fingerprint density at radius 2 is 1.68 bits per heavy atom. The van der Waals surface area contributed by atoms with E-state index in [1.54, 1.807) is 0 Å². The number of hydrogen-bond donors (Lipinski definition) is 0. The highest BCUT2D eigenvalue weighted by Gasteiger charge is 2.39. The molecule has 1 fully saturated rings. The van der Waals surface area contributed by atoms with Gasteiger partial charge in [-0.3, -0.25) is 0 Å². The molecule has 0 atom stereocenters. The molecule has 0 spiro atoms. The predicted molar refractivity (Wildman–Crippen MR) is 86.0 cm³/mol. The molecule has 1 aromatic rings. The van der Waals surface area contributed by atoms with Gasteiger partial charge in [0.05, 0.1) is 10.0 Å². The van der Waals surface area contributed by atoms with Gasteiger partial charge in [0.1, 0.15) is 0 Å². The molecule has 1 aromatic carbocycles. The summed E-state index contributed by atoms with van der Waals surface area (Å²) in [5, 5.41) is 1.24. The minimum atomic E-state index is -0.0616. The molecular weight excluding hydrogens is 322 g/mol. The summed E-state index contributed by atoms with van der Waals surface area (Å²) >= 11 is 25.0. The summed E-state index contributed by atoms with van der Waals surface area (Å²) in [4.78, 5) is 0. The van der Waals surface area contributed by atoms with E-state index >= 15 is 0 Å². The molecule has 0 nitrogen and oxygen atoms in total. The number of hydrogen-bond acceptors (Lipinski definition) is 0. The van der Waals surface area contributed by atoms with E-state index in [1.165, 1.54) is 25.7 Å². The Balaban J connectivity index is 2.27. The molecular formula is C15H18Cl4. The maximum atomic E-state index is 6.30. The second kappa shape index (κ2) is 6.89. The maximum Gasteiger partial charge on any atom is 0.0624 e. The summed E-state index contributed by atoms with van der Waals surface area (Å²) in [6.07, 6.45) is 5.81. The van der Waals surface area contributed by atoms with Gasteiger partial charge >= 0.3 is 0 Å². The Morgan fingerprint density at radius 3 is 2.26 bits per heavy atom. The fraction of sp³-hybridized carbons (Fsp3) is 0.600. The molecule has 4 heteroatoms. The van der Waals surface area contributed by atoms with Crippen molar-refractivity contribution < 1.29 is 0 Å². The molecule has 0 saturated heterocycles. The zero-order chi connectivity index (χ0) is 13.9. The van der Waals surface area contributed by atoms with Crippen molar-refractivity contribution >= 4 is 46.4 Å². The third-order valence-corrected chi connectivity index (χ3v) is 6.25. The molecule has 106 valence electrons. The van der Waals surface area contributed by atoms with Crippen LogP contribution in [0.3, 0.4) is 0 Å². The molecule has 0 heterocycles. The molecule has 2 rings (SSSR count). The Hall–Kier alpha value is 0.380. The van der Waals surface area contributed by atoms with E-state index in [0.29, 0.717) is 27.7 Å². The first-order valence-electron chi connectivity index (χ1n) is 6.68. The van der Waals surface area contributed by atoms with Crippen LogP contribution < -0.4 is 0 Å². The average molecular weight is 340 g/mol. The van der Waals surface area contributed by atoms with Crippen LogP contribution in [0.2, 0.25) is 10.0 Å². The van der Waals surface area contributed by atoms with Crippen molar-refractivity contribution in [3.05, 3.63) is 33.8 Å². The van der Waals surface area contributed by atoms with Gasteiger partial charge in [0.15, 0.2) is 0 Å². The third-order valence-electron chi connectivity index (χ3n) is 4.33. The van der Waals surface area contributed by atoms with E-state index in [1.807, 2.05) is 18.2 Å². The second-order valence-electron chi connectivity index (χ2n) is 5.50. The Morgan fingerprint density at radius 1 is 1.05 bits per heavy atom. The van der Waals surface area contributed by atoms with Crippen LogP contribution in [-0.4, -0.2) is 11.8 Å². The molecule has 1 aliphatic rings. The van der Waals surface area contributed by atoms with E-state index in [2.05, 4.69) is 0 Å². The van der Waals surface area contributed by atoms with Crippen molar-refractivity contribution in [2.75, 3.05) is 11.8 Å². The van der Waals surface area contributed by atoms with Gasteiger partial charge in [-0.25, -0.2) is 0 Å². The first-order chi connectivity index (χ1) is 9.13. The molecule has 0 aliphatic heterocycles. The van der Waals surface area contributed by atoms with Gasteiger partial charge in [0.25, 0.3) is 0 Å². The third kappa shape index (κ3) is 3.35. The summed E-state index contributed by atoms with van der Waals surface area (Å²) in [6.45, 7) is 0. The Kier molecular flexibility index (Phi) is 5.72. The van der Waals surface area contributed by atoms with Gasteiger partial charge in [-0.2, -0.15) is 0 Å². The molecule has 0 amide bonds. The zero-order valence-electron chi connectivity index (χ0n) is 10.8. The Labute approximate surface area is 135 Å². The zero-order valence-corrected chi connectivity index (χ0v) is 13.8. The topological polar surface area (TPSA) is 0 Å². The standard InChI is InChI=1S/C15H18Cl4/c16-9-15(10-17,12-5-1-2-6-12)8-11-4-3-7-13(18)14(11)19/h3-4,7,12H,1-2,5-6,8-10H2. The van der Waals surface area contributed by atoms with E-state index in [-0.39, 0.29) is 5.41 Å². The van der Waals surface area contributed by atoms with Crippen LogP contribution in [0.1, 0.15) is 31.2 Å². The lowest BCUT2D eigenvalue weighted by Gasteiger charge is -2.36. The van der Waals surface area contributed by atoms with Crippen LogP contribution in [0.4, 0.5) is 0 Å². The van der Waals surface area contributed by atoms with E-state index in [9.17, 15) is 0 Å². The van der Waals surface area contributed by atoms with Crippen molar-refractivity contribution in [3.63, 3.8) is 0 Å². The summed E-state index contributed by atoms with van der Waals surface area (Å²) in [5.41, 5.74) is 0.996. The van der Waals surface area contributed by atoms with Crippen LogP contribution in [-0.2, 0) is 6.42 Å². The molecule has 19 heavy (non-hydrogen) atoms. The fourth-order valence-electron chi connectivity index (χ4n) is 3.10. The first kappa shape index (κ1) is 15.8. The molecule has 0 bridgehead atoms. The lowest BCUT2D eigenvalue weighted by Crippen LogP contribution is -2.35. The minimum Gasteiger partial charge on any atom is -0.126 e. The van der Waals surface area contributed by atoms with E-state index in [0.717, 1.165) is 12.0 Å². The van der Waals surface area contributed by atoms with Crippen molar-refractivity contribution in [1.82, 2.24) is 0 Å². The largest absolute Gasteiger partial charge is 0.126 e. The van der Waals surface area contributed by atoms with Gasteiger partial charge in [0, 0.05) is 17.2 Å². The quantitative estimate of drug-likeness (QED) is 0.561. The van der Waals surface area contributed by atoms with Gasteiger partial charge in [-0.1, -0.05) is 48.2 Å². The maximum absolute atomic E-state index is 6.30. The van der Waals surface area contributed by atoms with Crippen LogP contribution in [0.5, 0.6) is 0 Å². The molecule has 0 aromatic heterocycles. The number of benzene rings is 1. The lowest BCUT2D eigenvalue weighted by molar-refractivity contribution is 0.225. The summed E-state index contributed by atoms with van der Waals surface area (Å²) in [6, 6.07) is 5.77. The summed E-state index contributed by atoms with van der Waals surface area (Å²) in [7, 11) is 0. The van der Waals surface area contributed by atoms with Crippen molar-refractivity contribution in [3.8, 4) is 0 Å². The smallest absolute Gasteiger partial charge is 0.0624 e. The first-order valence-corrected chi connectivity index (χ1v) is 8.50. The SMILES string of the molecule is ClCC(CCl)(Cc1cccc(Cl)c1Cl)C1CCCC1. The normalized spacial score (nSPS) is 17.1. The highest BCUT2D eigenvalue weighted by molar-refractivity contribution is 6.42. The van der Waals surface area contributed by atoms with Crippen molar-refractivity contribution in [2.24, 2.45) is 11.3 Å². The highest BCUT2D eigenvalue weighted by atomic mass is 35.5. The predicted octanol–water partition coefficient (Wildman–Crippen LogP) is 6.19. The van der Waals surface area contributed by atoms with Gasteiger partial charge in [-0.15, -0.1) is 23.2 Å². The number of halogens is 4. The van der Waals surface area contributed by atoms with Crippen LogP contribution in [0.25, 0.3) is 0 Å². The van der Waals surface area contributed by atoms with E-state index < -0.39 is 0 Å². The second-order valence-corrected chi connectivity index (χ2v) is 6.82. The summed E-state index contributed by atoms with van der Waals surface area (Å²) < 4.78 is 0. The number of alkyl halides is 2. The minimum absolute atomic E-state index is 0.0616. The van der Waals surface area contributed by atoms with Gasteiger partial charge in [0.2, 0.25) is 0 Å². The average Bonchev–Trinajstić information content (AvgIpc) is 2.95. The van der Waals surface area contributed by atoms with Crippen molar-refractivity contribution in [1.29, 1.82) is 0 Å². The monoisotopic (exact) mass is 338 g/mol. The molecule has 1 saturated carbocycles. The molecule has 0 N–H and O–H groups in total. The molecule has 0 unspecified atom stereocenters. The number of rotatable bonds is 5. The molecule has 0 radical (unpaired) electrons. The van der Waals surface area contributed by atoms with Crippen LogP contribution >= 0.6 is 46.4 Å². The highest BCUT2D eigenvalue weighted by Crippen LogP contribution is 2.45. The van der Waals surface area contributed by atoms with Gasteiger partial charge in [-0.05, 0) is 36.8 Å². The van der Waals surface area contributed by atoms with Gasteiger partial charge < -0.3 is 0 Å². The Bertz CT molecular complexity index is 420. The summed E-state index contributed by atoms with van der Waals surface area (Å²) in [5.74, 6) is 1.74. The van der Waals surface area contributed by atoms with Crippen LogP contribution in [0, 0.1) is 11.3 Å². The molecule has 1 aliphatic carbocycles. The van der Waals surface area contributed by atoms with Crippen LogP contribution in [0.15, 0.2) is 18.2 Å². The van der Waals surface area contributed by atoms with Crippen molar-refractivity contribution in [2.45, 2.75) is 32.1 Å². The van der Waals surface area contributed by atoms with E-state index in [4.69, 9.17) is 46.4 Å². The fourth-order valence-corrected chi connectivity index (χ4v) is 4.39.